The van der Waals surface area contributed by atoms with Crippen LogP contribution in [0.3, 0.4) is 0 Å². The van der Waals surface area contributed by atoms with Crippen LogP contribution in [0.25, 0.3) is 6.08 Å². The third-order valence-electron chi connectivity index (χ3n) is 8.93. The fraction of sp³-hybridized carbons (Fsp3) is 0.625. The number of carbonyl (C=O) groups excluding carboxylic acids is 4. The molecule has 43 heavy (non-hydrogen) atoms. The normalized spacial score (nSPS) is 24.9. The van der Waals surface area contributed by atoms with E-state index in [0.29, 0.717) is 42.9 Å². The smallest absolute Gasteiger partial charge is 0.249 e. The molecule has 11 heteroatoms. The molecule has 0 saturated carbocycles. The van der Waals surface area contributed by atoms with Crippen LogP contribution in [0.1, 0.15) is 58.9 Å². The summed E-state index contributed by atoms with van der Waals surface area (Å²) in [6, 6.07) is 2.50. The van der Waals surface area contributed by atoms with Gasteiger partial charge in [-0.1, -0.05) is 34.1 Å². The average Bonchev–Trinajstić information content (AvgIpc) is 3.62. The van der Waals surface area contributed by atoms with Crippen LogP contribution in [0.2, 0.25) is 0 Å². The molecule has 2 bridgehead atoms. The number of hydrogen-bond donors (Lipinski definition) is 2. The summed E-state index contributed by atoms with van der Waals surface area (Å²) in [5.74, 6) is -0.137. The molecule has 0 spiro atoms. The summed E-state index contributed by atoms with van der Waals surface area (Å²) in [7, 11) is 5.29. The molecule has 1 aromatic carbocycles. The first kappa shape index (κ1) is 32.3. The number of benzene rings is 1. The first-order valence-corrected chi connectivity index (χ1v) is 15.4. The Bertz CT molecular complexity index is 1230. The summed E-state index contributed by atoms with van der Waals surface area (Å²) < 4.78 is 11.9. The van der Waals surface area contributed by atoms with Gasteiger partial charge in [-0.25, -0.2) is 0 Å². The van der Waals surface area contributed by atoms with Gasteiger partial charge in [-0.05, 0) is 63.0 Å². The fourth-order valence-corrected chi connectivity index (χ4v) is 6.46. The van der Waals surface area contributed by atoms with Gasteiger partial charge in [-0.3, -0.25) is 24.1 Å². The number of rotatable bonds is 8. The van der Waals surface area contributed by atoms with Crippen LogP contribution >= 0.6 is 0 Å². The monoisotopic (exact) mass is 597 g/mol. The molecule has 2 saturated heterocycles. The Hall–Kier alpha value is -3.60. The second kappa shape index (κ2) is 13.8. The van der Waals surface area contributed by atoms with E-state index in [1.54, 1.807) is 47.4 Å². The number of nitrogens with zero attached hydrogens (tertiary/aromatic N) is 3. The lowest BCUT2D eigenvalue weighted by molar-refractivity contribution is -0.150. The van der Waals surface area contributed by atoms with E-state index >= 15 is 0 Å². The van der Waals surface area contributed by atoms with E-state index < -0.39 is 30.3 Å². The van der Waals surface area contributed by atoms with Gasteiger partial charge in [0.2, 0.25) is 23.6 Å². The summed E-state index contributed by atoms with van der Waals surface area (Å²) in [6.07, 6.45) is 5.10. The van der Waals surface area contributed by atoms with E-state index in [2.05, 4.69) is 10.6 Å². The average molecular weight is 598 g/mol. The number of nitrogens with one attached hydrogen (secondary N) is 2. The van der Waals surface area contributed by atoms with Crippen molar-refractivity contribution in [1.82, 2.24) is 25.3 Å². The molecular weight excluding hydrogens is 550 g/mol. The van der Waals surface area contributed by atoms with Crippen molar-refractivity contribution in [1.29, 1.82) is 0 Å². The van der Waals surface area contributed by atoms with Gasteiger partial charge in [0, 0.05) is 31.3 Å². The van der Waals surface area contributed by atoms with Gasteiger partial charge in [-0.2, -0.15) is 0 Å². The molecule has 236 valence electrons. The first-order valence-electron chi connectivity index (χ1n) is 15.4. The highest BCUT2D eigenvalue weighted by molar-refractivity contribution is 5.96. The van der Waals surface area contributed by atoms with E-state index in [-0.39, 0.29) is 42.0 Å². The number of ether oxygens (including phenoxy) is 2. The van der Waals surface area contributed by atoms with Gasteiger partial charge < -0.3 is 29.9 Å². The number of likely N-dealkylation sites (tertiary alicyclic amines) is 1. The first-order chi connectivity index (χ1) is 20.5. The molecule has 3 aliphatic heterocycles. The lowest BCUT2D eigenvalue weighted by Gasteiger charge is -2.36. The van der Waals surface area contributed by atoms with Crippen molar-refractivity contribution in [2.75, 3.05) is 34.3 Å². The summed E-state index contributed by atoms with van der Waals surface area (Å²) in [4.78, 5) is 60.3. The quantitative estimate of drug-likeness (QED) is 0.472. The largest absolute Gasteiger partial charge is 0.496 e. The number of likely N-dealkylation sites (N-methyl/N-ethyl adjacent to an activating group) is 1. The van der Waals surface area contributed by atoms with Crippen LogP contribution in [-0.2, 0) is 19.2 Å². The maximum Gasteiger partial charge on any atom is 0.249 e. The zero-order valence-electron chi connectivity index (χ0n) is 26.5. The minimum absolute atomic E-state index is 0.0848. The van der Waals surface area contributed by atoms with E-state index in [1.807, 2.05) is 46.7 Å². The van der Waals surface area contributed by atoms with Crippen LogP contribution in [0.15, 0.2) is 24.4 Å². The number of carbonyl (C=O) groups is 4. The van der Waals surface area contributed by atoms with Crippen molar-refractivity contribution >= 4 is 29.7 Å². The van der Waals surface area contributed by atoms with Crippen molar-refractivity contribution in [2.24, 2.45) is 11.8 Å². The fourth-order valence-electron chi connectivity index (χ4n) is 6.46. The third-order valence-corrected chi connectivity index (χ3v) is 8.93. The van der Waals surface area contributed by atoms with Crippen molar-refractivity contribution < 1.29 is 28.7 Å². The van der Waals surface area contributed by atoms with Gasteiger partial charge in [0.1, 0.15) is 35.7 Å². The number of amides is 4. The molecule has 2 N–H and O–H groups in total. The van der Waals surface area contributed by atoms with E-state index in [0.717, 1.165) is 6.42 Å². The second-order valence-electron chi connectivity index (χ2n) is 12.4. The molecular formula is C32H47N5O6. The van der Waals surface area contributed by atoms with Gasteiger partial charge in [0.15, 0.2) is 0 Å². The highest BCUT2D eigenvalue weighted by Crippen LogP contribution is 2.32. The zero-order chi connectivity index (χ0) is 31.4. The Morgan fingerprint density at radius 1 is 1.16 bits per heavy atom. The van der Waals surface area contributed by atoms with Gasteiger partial charge in [0.25, 0.3) is 0 Å². The molecule has 2 fully saturated rings. The number of hydrogen-bond acceptors (Lipinski definition) is 7. The van der Waals surface area contributed by atoms with Gasteiger partial charge >= 0.3 is 0 Å². The zero-order valence-corrected chi connectivity index (χ0v) is 26.5. The highest BCUT2D eigenvalue weighted by atomic mass is 16.5. The van der Waals surface area contributed by atoms with Crippen molar-refractivity contribution in [2.45, 2.75) is 83.6 Å². The predicted octanol–water partition coefficient (Wildman–Crippen LogP) is 2.25. The summed E-state index contributed by atoms with van der Waals surface area (Å²) in [5.41, 5.74) is 0.705. The molecule has 0 radical (unpaired) electrons. The predicted molar refractivity (Wildman–Crippen MR) is 163 cm³/mol. The van der Waals surface area contributed by atoms with E-state index in [9.17, 15) is 19.2 Å². The molecule has 0 unspecified atom stereocenters. The third kappa shape index (κ3) is 6.82. The Morgan fingerprint density at radius 3 is 2.56 bits per heavy atom. The van der Waals surface area contributed by atoms with Crippen LogP contribution in [0, 0.1) is 11.8 Å². The molecule has 11 nitrogen and oxygen atoms in total. The van der Waals surface area contributed by atoms with Crippen LogP contribution in [0.4, 0.5) is 0 Å². The summed E-state index contributed by atoms with van der Waals surface area (Å²) in [6.45, 7) is 8.54. The van der Waals surface area contributed by atoms with Gasteiger partial charge in [-0.15, -0.1) is 0 Å². The van der Waals surface area contributed by atoms with Crippen molar-refractivity contribution in [3.8, 4) is 11.5 Å². The Balaban J connectivity index is 1.69. The summed E-state index contributed by atoms with van der Waals surface area (Å²) >= 11 is 0. The molecule has 0 aromatic heterocycles. The SMILES string of the molecule is CC[C@H](C)[C@@H](C(=O)N[C@H](C(=O)N1CC[C@@H]2Oc3ccc(OC)c(c3)/C=C/NC(=O)[C@@H]3CCCN3C(=O)[C@H]21)C(C)C)N(C)C. The van der Waals surface area contributed by atoms with Crippen LogP contribution < -0.4 is 20.1 Å². The van der Waals surface area contributed by atoms with Crippen LogP contribution in [0.5, 0.6) is 11.5 Å². The molecule has 6 atom stereocenters. The number of fused-ring (bicyclic) bond motifs is 4. The topological polar surface area (TPSA) is 121 Å². The van der Waals surface area contributed by atoms with Crippen molar-refractivity contribution in [3.63, 3.8) is 0 Å². The Morgan fingerprint density at radius 2 is 1.91 bits per heavy atom. The lowest BCUT2D eigenvalue weighted by atomic mass is 9.95. The van der Waals surface area contributed by atoms with Gasteiger partial charge in [0.05, 0.1) is 13.2 Å². The molecule has 1 aromatic rings. The molecule has 3 aliphatic rings. The molecule has 4 amide bonds. The molecule has 4 rings (SSSR count). The molecule has 3 heterocycles. The maximum atomic E-state index is 14.3. The Kier molecular flexibility index (Phi) is 10.4. The Labute approximate surface area is 254 Å². The van der Waals surface area contributed by atoms with Crippen molar-refractivity contribution in [3.05, 3.63) is 30.0 Å². The molecule has 0 aliphatic carbocycles. The lowest BCUT2D eigenvalue weighted by Crippen LogP contribution is -2.61. The maximum absolute atomic E-state index is 14.3. The second-order valence-corrected chi connectivity index (χ2v) is 12.4. The summed E-state index contributed by atoms with van der Waals surface area (Å²) in [5, 5.41) is 5.84. The number of methoxy groups -OCH3 is 1. The minimum atomic E-state index is -0.947. The van der Waals surface area contributed by atoms with Crippen LogP contribution in [-0.4, -0.2) is 103 Å². The standard InChI is InChI=1S/C32H47N5O6/c1-8-20(4)27(35(5)6)30(39)34-26(19(2)3)31(40)37-17-14-25-28(37)32(41)36-16-9-10-23(36)29(38)33-15-13-21-18-22(43-25)11-12-24(21)42-7/h11-13,15,18-20,23,25-28H,8-10,14,16-17H2,1-7H3,(H,33,38)(H,34,39)/b15-13+/t20-,23-,25-,26-,27-,28-/m0/s1. The minimum Gasteiger partial charge on any atom is -0.496 e. The highest BCUT2D eigenvalue weighted by Gasteiger charge is 2.49. The van der Waals surface area contributed by atoms with E-state index in [4.69, 9.17) is 9.47 Å². The van der Waals surface area contributed by atoms with E-state index in [1.165, 1.54) is 0 Å².